The van der Waals surface area contributed by atoms with E-state index in [1.807, 2.05) is 0 Å². The summed E-state index contributed by atoms with van der Waals surface area (Å²) in [6, 6.07) is 0. The van der Waals surface area contributed by atoms with Crippen molar-refractivity contribution in [2.75, 3.05) is 60.2 Å². The number of methoxy groups -OCH3 is 1. The minimum absolute atomic E-state index is 0.0577. The molecular weight excluding hydrogens is 509 g/mol. The van der Waals surface area contributed by atoms with Crippen molar-refractivity contribution in [2.24, 2.45) is 0 Å². The number of esters is 2. The lowest BCUT2D eigenvalue weighted by Gasteiger charge is -2.17. The predicted octanol–water partition coefficient (Wildman–Crippen LogP) is 0.644. The number of hydrogen-bond acceptors (Lipinski definition) is 13. The summed E-state index contributed by atoms with van der Waals surface area (Å²) < 4.78 is 46.9. The maximum Gasteiger partial charge on any atom is 0.631 e. The molecule has 0 heterocycles. The zero-order valence-electron chi connectivity index (χ0n) is 21.3. The molecule has 0 aliphatic carbocycles. The van der Waals surface area contributed by atoms with Crippen molar-refractivity contribution in [1.82, 2.24) is 0 Å². The third-order valence-corrected chi connectivity index (χ3v) is 4.53. The molecule has 0 aliphatic heterocycles. The molecule has 0 bridgehead atoms. The highest BCUT2D eigenvalue weighted by atomic mass is 31.2. The average Bonchev–Trinajstić information content (AvgIpc) is 2.68. The molecule has 206 valence electrons. The summed E-state index contributed by atoms with van der Waals surface area (Å²) in [6.07, 6.45) is -1.39. The highest BCUT2D eigenvalue weighted by Gasteiger charge is 2.16. The fraction of sp³-hybridized carbons (Fsp3) is 0.684. The Morgan fingerprint density at radius 3 is 1.46 bits per heavy atom. The maximum absolute atomic E-state index is 11.3. The van der Waals surface area contributed by atoms with Crippen molar-refractivity contribution in [1.29, 1.82) is 0 Å². The van der Waals surface area contributed by atoms with Gasteiger partial charge in [-0.25, -0.2) is 9.59 Å². The molecule has 4 N–H and O–H groups in total. The zero-order chi connectivity index (χ0) is 28.4. The summed E-state index contributed by atoms with van der Waals surface area (Å²) in [5.74, 6) is -1.04. The molecule has 0 spiro atoms. The second kappa shape index (κ2) is 19.8. The van der Waals surface area contributed by atoms with Gasteiger partial charge in [0.2, 0.25) is 0 Å². The minimum atomic E-state index is -2.60. The van der Waals surface area contributed by atoms with Crippen LogP contribution in [-0.4, -0.2) is 112 Å². The highest BCUT2D eigenvalue weighted by molar-refractivity contribution is 7.57. The van der Waals surface area contributed by atoms with E-state index in [0.29, 0.717) is 5.57 Å². The summed E-state index contributed by atoms with van der Waals surface area (Å²) in [5, 5.41) is 30.8. The number of rotatable bonds is 13. The normalized spacial score (nSPS) is 12.5. The largest absolute Gasteiger partial charge is 0.631 e. The summed E-state index contributed by atoms with van der Waals surface area (Å²) in [7, 11) is -5.84. The fourth-order valence-electron chi connectivity index (χ4n) is 1.35. The number of aliphatic hydroxyl groups is 1. The Morgan fingerprint density at radius 1 is 0.800 bits per heavy atom. The van der Waals surface area contributed by atoms with Crippen molar-refractivity contribution >= 4 is 34.0 Å². The molecule has 13 nitrogen and oxygen atoms in total. The molecule has 0 aromatic heterocycles. The molecular formula is C19H39BO13P2. The first-order valence-corrected chi connectivity index (χ1v) is 15.0. The molecule has 35 heavy (non-hydrogen) atoms. The van der Waals surface area contributed by atoms with Crippen LogP contribution < -0.4 is 0 Å². The van der Waals surface area contributed by atoms with Gasteiger partial charge in [0.15, 0.2) is 14.7 Å². The fourth-order valence-corrected chi connectivity index (χ4v) is 2.40. The number of carbonyl (C=O) groups excluding carboxylic acids is 2. The van der Waals surface area contributed by atoms with Gasteiger partial charge in [-0.15, -0.1) is 0 Å². The first-order valence-electron chi connectivity index (χ1n) is 10.0. The molecule has 0 aromatic carbocycles. The molecule has 0 saturated heterocycles. The summed E-state index contributed by atoms with van der Waals surface area (Å²) in [4.78, 5) is 22.0. The van der Waals surface area contributed by atoms with Crippen LogP contribution in [-0.2, 0) is 42.0 Å². The molecule has 2 atom stereocenters. The molecule has 0 aliphatic rings. The van der Waals surface area contributed by atoms with E-state index in [1.165, 1.54) is 40.7 Å². The van der Waals surface area contributed by atoms with E-state index in [9.17, 15) is 23.8 Å². The first-order chi connectivity index (χ1) is 15.7. The Hall–Kier alpha value is -1.34. The number of aliphatic hydroxyl groups excluding tert-OH is 1. The van der Waals surface area contributed by atoms with E-state index in [0.717, 1.165) is 0 Å². The van der Waals surface area contributed by atoms with Gasteiger partial charge >= 0.3 is 19.3 Å². The lowest BCUT2D eigenvalue weighted by molar-refractivity contribution is -0.143. The van der Waals surface area contributed by atoms with Crippen LogP contribution >= 0.6 is 14.7 Å². The van der Waals surface area contributed by atoms with Gasteiger partial charge < -0.3 is 43.4 Å². The molecule has 0 rings (SSSR count). The van der Waals surface area contributed by atoms with E-state index in [1.54, 1.807) is 6.92 Å². The second-order valence-corrected chi connectivity index (χ2v) is 13.2. The van der Waals surface area contributed by atoms with E-state index < -0.39 is 46.2 Å². The SMILES string of the molecule is C=C(C)C(=O)OCC(COP(C)(C)=O)OC.C=C(C)C(=O)OCC(O)COP(C)(C)=O.OB(O)O. The van der Waals surface area contributed by atoms with E-state index >= 15 is 0 Å². The van der Waals surface area contributed by atoms with Gasteiger partial charge in [0, 0.05) is 44.9 Å². The number of ether oxygens (including phenoxy) is 3. The third-order valence-electron chi connectivity index (χ3n) is 2.99. The van der Waals surface area contributed by atoms with Gasteiger partial charge in [-0.05, 0) is 13.8 Å². The van der Waals surface area contributed by atoms with Gasteiger partial charge in [-0.3, -0.25) is 9.13 Å². The molecule has 0 aromatic rings. The highest BCUT2D eigenvalue weighted by Crippen LogP contribution is 2.37. The predicted molar refractivity (Wildman–Crippen MR) is 132 cm³/mol. The van der Waals surface area contributed by atoms with Crippen LogP contribution in [0.1, 0.15) is 13.8 Å². The lowest BCUT2D eigenvalue weighted by Crippen LogP contribution is -2.25. The Morgan fingerprint density at radius 2 is 1.14 bits per heavy atom. The number of carbonyl (C=O) groups is 2. The van der Waals surface area contributed by atoms with Crippen LogP contribution in [0.2, 0.25) is 0 Å². The topological polar surface area (TPSA) is 195 Å². The smallest absolute Gasteiger partial charge is 0.460 e. The first kappa shape index (κ1) is 38.2. The third kappa shape index (κ3) is 32.7. The van der Waals surface area contributed by atoms with E-state index in [-0.39, 0.29) is 32.0 Å². The number of hydrogen-bond donors (Lipinski definition) is 4. The Labute approximate surface area is 207 Å². The molecule has 2 unspecified atom stereocenters. The van der Waals surface area contributed by atoms with Gasteiger partial charge in [-0.1, -0.05) is 13.2 Å². The second-order valence-electron chi connectivity index (χ2n) is 7.71. The van der Waals surface area contributed by atoms with Crippen LogP contribution in [0.25, 0.3) is 0 Å². The standard InChI is InChI=1S/C10H19O5P.C9H17O5P.BH3O3/c1-8(2)10(11)14-6-9(13-3)7-15-16(4,5)12;1-7(2)9(11)13-5-8(10)6-14-15(3,4)12;2-1(3)4/h9H,1,6-7H2,2-5H3;8,10H,1,5-6H2,2-4H3;2-4H. The molecule has 16 heteroatoms. The van der Waals surface area contributed by atoms with E-state index in [2.05, 4.69) is 17.9 Å². The molecule has 0 amide bonds. The van der Waals surface area contributed by atoms with Crippen LogP contribution in [0.3, 0.4) is 0 Å². The molecule has 0 radical (unpaired) electrons. The van der Waals surface area contributed by atoms with Crippen LogP contribution in [0, 0.1) is 0 Å². The molecule has 0 fully saturated rings. The summed E-state index contributed by atoms with van der Waals surface area (Å²) in [6.45, 7) is 15.7. The van der Waals surface area contributed by atoms with Crippen molar-refractivity contribution in [3.8, 4) is 0 Å². The van der Waals surface area contributed by atoms with Gasteiger partial charge in [0.05, 0.1) is 13.2 Å². The van der Waals surface area contributed by atoms with Gasteiger partial charge in [0.25, 0.3) is 0 Å². The monoisotopic (exact) mass is 548 g/mol. The Balaban J connectivity index is -0.000000508. The summed E-state index contributed by atoms with van der Waals surface area (Å²) >= 11 is 0. The summed E-state index contributed by atoms with van der Waals surface area (Å²) in [5.41, 5.74) is 0.590. The molecule has 0 saturated carbocycles. The average molecular weight is 548 g/mol. The quantitative estimate of drug-likeness (QED) is 0.108. The van der Waals surface area contributed by atoms with Crippen molar-refractivity contribution in [2.45, 2.75) is 26.1 Å². The van der Waals surface area contributed by atoms with Crippen molar-refractivity contribution < 1.29 is 62.2 Å². The maximum atomic E-state index is 11.3. The minimum Gasteiger partial charge on any atom is -0.460 e. The van der Waals surface area contributed by atoms with Crippen LogP contribution in [0.15, 0.2) is 24.3 Å². The van der Waals surface area contributed by atoms with Gasteiger partial charge in [0.1, 0.15) is 25.4 Å². The van der Waals surface area contributed by atoms with Crippen molar-refractivity contribution in [3.63, 3.8) is 0 Å². The Kier molecular flexibility index (Phi) is 21.6. The van der Waals surface area contributed by atoms with Gasteiger partial charge in [-0.2, -0.15) is 0 Å². The zero-order valence-corrected chi connectivity index (χ0v) is 23.1. The lowest BCUT2D eigenvalue weighted by atomic mass is 10.3. The van der Waals surface area contributed by atoms with Crippen LogP contribution in [0.4, 0.5) is 0 Å². The van der Waals surface area contributed by atoms with Crippen molar-refractivity contribution in [3.05, 3.63) is 24.3 Å². The van der Waals surface area contributed by atoms with E-state index in [4.69, 9.17) is 33.6 Å². The van der Waals surface area contributed by atoms with Crippen LogP contribution in [0.5, 0.6) is 0 Å². The Bertz CT molecular complexity index is 742.